The predicted molar refractivity (Wildman–Crippen MR) is 73.3 cm³/mol. The van der Waals surface area contributed by atoms with E-state index in [0.29, 0.717) is 18.5 Å². The van der Waals surface area contributed by atoms with E-state index in [1.807, 2.05) is 0 Å². The third-order valence-electron chi connectivity index (χ3n) is 4.44. The zero-order chi connectivity index (χ0) is 12.8. The van der Waals surface area contributed by atoms with Gasteiger partial charge >= 0.3 is 6.03 Å². The van der Waals surface area contributed by atoms with Crippen molar-refractivity contribution in [3.05, 3.63) is 0 Å². The van der Waals surface area contributed by atoms with Crippen LogP contribution in [0.3, 0.4) is 0 Å². The van der Waals surface area contributed by atoms with Crippen molar-refractivity contribution in [2.45, 2.75) is 69.9 Å². The molecule has 2 amide bonds. The van der Waals surface area contributed by atoms with Crippen LogP contribution in [0.2, 0.25) is 0 Å². The second-order valence-corrected chi connectivity index (χ2v) is 5.90. The Balaban J connectivity index is 1.61. The van der Waals surface area contributed by atoms with Crippen molar-refractivity contribution in [2.75, 3.05) is 6.54 Å². The smallest absolute Gasteiger partial charge is 0.315 e. The number of rotatable bonds is 4. The molecule has 2 aliphatic carbocycles. The first-order chi connectivity index (χ1) is 8.75. The van der Waals surface area contributed by atoms with Crippen LogP contribution >= 0.6 is 0 Å². The van der Waals surface area contributed by atoms with Crippen LogP contribution in [0.5, 0.6) is 0 Å². The summed E-state index contributed by atoms with van der Waals surface area (Å²) in [4.78, 5) is 11.8. The molecular weight excluding hydrogens is 226 g/mol. The van der Waals surface area contributed by atoms with Gasteiger partial charge in [0.1, 0.15) is 0 Å². The second kappa shape index (κ2) is 6.98. The van der Waals surface area contributed by atoms with Gasteiger partial charge in [-0.2, -0.15) is 0 Å². The first-order valence-electron chi connectivity index (χ1n) is 7.55. The van der Waals surface area contributed by atoms with Gasteiger partial charge in [-0.05, 0) is 31.6 Å². The van der Waals surface area contributed by atoms with Crippen LogP contribution in [0.15, 0.2) is 0 Å². The summed E-state index contributed by atoms with van der Waals surface area (Å²) in [5, 5.41) is 5.99. The Kier molecular flexibility index (Phi) is 5.29. The molecule has 18 heavy (non-hydrogen) atoms. The molecule has 0 saturated heterocycles. The summed E-state index contributed by atoms with van der Waals surface area (Å²) in [6.45, 7) is 0.614. The zero-order valence-corrected chi connectivity index (χ0v) is 11.3. The van der Waals surface area contributed by atoms with Crippen molar-refractivity contribution < 1.29 is 4.79 Å². The van der Waals surface area contributed by atoms with Gasteiger partial charge in [-0.25, -0.2) is 4.79 Å². The van der Waals surface area contributed by atoms with Crippen molar-refractivity contribution in [3.8, 4) is 0 Å². The van der Waals surface area contributed by atoms with Gasteiger partial charge in [-0.3, -0.25) is 0 Å². The van der Waals surface area contributed by atoms with Gasteiger partial charge in [0.25, 0.3) is 0 Å². The van der Waals surface area contributed by atoms with E-state index >= 15 is 0 Å². The maximum atomic E-state index is 11.8. The standard InChI is InChI=1S/C14H27N3O/c15-13(11-6-4-5-7-11)10-16-14(18)17-12-8-2-1-3-9-12/h11-13H,1-10,15H2,(H2,16,17,18). The summed E-state index contributed by atoms with van der Waals surface area (Å²) in [5.41, 5.74) is 6.12. The van der Waals surface area contributed by atoms with E-state index in [4.69, 9.17) is 5.73 Å². The van der Waals surface area contributed by atoms with Crippen LogP contribution in [0.4, 0.5) is 4.79 Å². The fourth-order valence-corrected chi connectivity index (χ4v) is 3.25. The lowest BCUT2D eigenvalue weighted by Crippen LogP contribution is -2.48. The fourth-order valence-electron chi connectivity index (χ4n) is 3.25. The Labute approximate surface area is 110 Å². The Morgan fingerprint density at radius 3 is 2.33 bits per heavy atom. The van der Waals surface area contributed by atoms with Gasteiger partial charge in [-0.1, -0.05) is 32.1 Å². The molecule has 0 aromatic heterocycles. The van der Waals surface area contributed by atoms with Crippen LogP contribution in [-0.2, 0) is 0 Å². The minimum absolute atomic E-state index is 0.0321. The molecule has 0 spiro atoms. The molecule has 2 fully saturated rings. The molecule has 0 bridgehead atoms. The van der Waals surface area contributed by atoms with E-state index in [0.717, 1.165) is 12.8 Å². The molecule has 2 saturated carbocycles. The summed E-state index contributed by atoms with van der Waals surface area (Å²) >= 11 is 0. The summed E-state index contributed by atoms with van der Waals surface area (Å²) < 4.78 is 0. The zero-order valence-electron chi connectivity index (χ0n) is 11.3. The molecule has 0 heterocycles. The van der Waals surface area contributed by atoms with E-state index in [9.17, 15) is 4.79 Å². The lowest BCUT2D eigenvalue weighted by atomic mass is 9.96. The van der Waals surface area contributed by atoms with Crippen LogP contribution in [-0.4, -0.2) is 24.7 Å². The molecule has 0 radical (unpaired) electrons. The average Bonchev–Trinajstić information content (AvgIpc) is 2.91. The minimum Gasteiger partial charge on any atom is -0.337 e. The summed E-state index contributed by atoms with van der Waals surface area (Å²) in [7, 11) is 0. The van der Waals surface area contributed by atoms with E-state index in [-0.39, 0.29) is 12.1 Å². The second-order valence-electron chi connectivity index (χ2n) is 5.90. The number of hydrogen-bond donors (Lipinski definition) is 3. The highest BCUT2D eigenvalue weighted by molar-refractivity contribution is 5.74. The molecular formula is C14H27N3O. The Bertz CT molecular complexity index is 258. The van der Waals surface area contributed by atoms with Crippen molar-refractivity contribution in [1.82, 2.24) is 10.6 Å². The first-order valence-corrected chi connectivity index (χ1v) is 7.55. The number of carbonyl (C=O) groups excluding carboxylic acids is 1. The van der Waals surface area contributed by atoms with E-state index in [2.05, 4.69) is 10.6 Å². The van der Waals surface area contributed by atoms with Gasteiger partial charge in [0.05, 0.1) is 0 Å². The lowest BCUT2D eigenvalue weighted by Gasteiger charge is -2.24. The van der Waals surface area contributed by atoms with Gasteiger partial charge in [-0.15, -0.1) is 0 Å². The van der Waals surface area contributed by atoms with Gasteiger partial charge in [0.15, 0.2) is 0 Å². The maximum Gasteiger partial charge on any atom is 0.315 e. The number of nitrogens with one attached hydrogen (secondary N) is 2. The number of urea groups is 1. The fraction of sp³-hybridized carbons (Fsp3) is 0.929. The predicted octanol–water partition coefficient (Wildman–Crippen LogP) is 2.14. The minimum atomic E-state index is -0.0321. The quantitative estimate of drug-likeness (QED) is 0.718. The third kappa shape index (κ3) is 4.16. The highest BCUT2D eigenvalue weighted by atomic mass is 16.2. The SMILES string of the molecule is NC(CNC(=O)NC1CCCCC1)C1CCCC1. The maximum absolute atomic E-state index is 11.8. The van der Waals surface area contributed by atoms with Gasteiger partial charge in [0, 0.05) is 18.6 Å². The van der Waals surface area contributed by atoms with E-state index in [1.165, 1.54) is 44.9 Å². The largest absolute Gasteiger partial charge is 0.337 e. The Morgan fingerprint density at radius 1 is 1.06 bits per heavy atom. The highest BCUT2D eigenvalue weighted by Gasteiger charge is 2.22. The summed E-state index contributed by atoms with van der Waals surface area (Å²) in [6.07, 6.45) is 11.1. The summed E-state index contributed by atoms with van der Waals surface area (Å²) in [6, 6.07) is 0.474. The van der Waals surface area contributed by atoms with Crippen LogP contribution in [0.25, 0.3) is 0 Å². The van der Waals surface area contributed by atoms with Gasteiger partial charge < -0.3 is 16.4 Å². The molecule has 1 atom stereocenters. The molecule has 2 rings (SSSR count). The third-order valence-corrected chi connectivity index (χ3v) is 4.44. The van der Waals surface area contributed by atoms with Crippen molar-refractivity contribution in [3.63, 3.8) is 0 Å². The Morgan fingerprint density at radius 2 is 1.67 bits per heavy atom. The number of nitrogens with two attached hydrogens (primary N) is 1. The molecule has 4 N–H and O–H groups in total. The Hall–Kier alpha value is -0.770. The number of amides is 2. The normalized spacial score (nSPS) is 23.8. The summed E-state index contributed by atoms with van der Waals surface area (Å²) in [5.74, 6) is 0.611. The topological polar surface area (TPSA) is 67.1 Å². The molecule has 4 nitrogen and oxygen atoms in total. The number of carbonyl (C=O) groups is 1. The van der Waals surface area contributed by atoms with Crippen LogP contribution in [0.1, 0.15) is 57.8 Å². The molecule has 4 heteroatoms. The molecule has 2 aliphatic rings. The molecule has 0 aromatic carbocycles. The highest BCUT2D eigenvalue weighted by Crippen LogP contribution is 2.26. The van der Waals surface area contributed by atoms with Crippen LogP contribution < -0.4 is 16.4 Å². The van der Waals surface area contributed by atoms with E-state index < -0.39 is 0 Å². The molecule has 0 aromatic rings. The van der Waals surface area contributed by atoms with E-state index in [1.54, 1.807) is 0 Å². The van der Waals surface area contributed by atoms with Crippen molar-refractivity contribution >= 4 is 6.03 Å². The van der Waals surface area contributed by atoms with Crippen LogP contribution in [0, 0.1) is 5.92 Å². The van der Waals surface area contributed by atoms with Crippen molar-refractivity contribution in [1.29, 1.82) is 0 Å². The lowest BCUT2D eigenvalue weighted by molar-refractivity contribution is 0.230. The molecule has 1 unspecified atom stereocenters. The first kappa shape index (κ1) is 13.7. The molecule has 0 aliphatic heterocycles. The van der Waals surface area contributed by atoms with Gasteiger partial charge in [0.2, 0.25) is 0 Å². The monoisotopic (exact) mass is 253 g/mol. The number of hydrogen-bond acceptors (Lipinski definition) is 2. The average molecular weight is 253 g/mol. The molecule has 104 valence electrons. The van der Waals surface area contributed by atoms with Crippen molar-refractivity contribution in [2.24, 2.45) is 11.7 Å².